The molecule has 3 fully saturated rings. The summed E-state index contributed by atoms with van der Waals surface area (Å²) < 4.78 is 24.9. The third-order valence-electron chi connectivity index (χ3n) is 10.5. The van der Waals surface area contributed by atoms with Gasteiger partial charge in [-0.3, -0.25) is 24.2 Å². The standard InChI is InChI=1S/C35H63N3O8/c1-21(2)13-26(39)19-38-17-25(18-38)28-20-44-33(42)34(6,7)30(41)24(5)31(35(8,43-12)15-22(3)16-37(28)11)46-32-29(40)27(36(9)10)14-23(4)45-32/h21-25,27-29,31-32,40H,13-20H2,1-12H3/t22-,23-,24+,27+,28+,29-,31-,32+,35-/m1/s1. The van der Waals surface area contributed by atoms with Crippen molar-refractivity contribution < 1.29 is 38.4 Å². The molecule has 0 bridgehead atoms. The molecule has 3 rings (SSSR count). The maximum Gasteiger partial charge on any atom is 0.319 e. The topological polar surface area (TPSA) is 118 Å². The second-order valence-corrected chi connectivity index (χ2v) is 15.9. The van der Waals surface area contributed by atoms with E-state index in [0.717, 1.165) is 13.1 Å². The lowest BCUT2D eigenvalue weighted by atomic mass is 9.74. The van der Waals surface area contributed by atoms with Gasteiger partial charge in [-0.1, -0.05) is 27.7 Å². The summed E-state index contributed by atoms with van der Waals surface area (Å²) in [6.45, 7) is 18.0. The number of hydrogen-bond donors (Lipinski definition) is 1. The molecule has 9 atom stereocenters. The number of nitrogens with zero attached hydrogens (tertiary/aromatic N) is 3. The molecule has 11 heteroatoms. The van der Waals surface area contributed by atoms with E-state index in [9.17, 15) is 19.5 Å². The van der Waals surface area contributed by atoms with Gasteiger partial charge in [-0.25, -0.2) is 0 Å². The van der Waals surface area contributed by atoms with Gasteiger partial charge in [0.15, 0.2) is 12.1 Å². The fourth-order valence-corrected chi connectivity index (χ4v) is 7.81. The Bertz CT molecular complexity index is 1050. The number of esters is 1. The number of methoxy groups -OCH3 is 1. The smallest absolute Gasteiger partial charge is 0.319 e. The summed E-state index contributed by atoms with van der Waals surface area (Å²) in [6, 6.07) is -0.252. The van der Waals surface area contributed by atoms with Crippen LogP contribution in [0.15, 0.2) is 0 Å². The average molecular weight is 654 g/mol. The van der Waals surface area contributed by atoms with Crippen molar-refractivity contribution in [1.82, 2.24) is 14.7 Å². The second-order valence-electron chi connectivity index (χ2n) is 15.9. The second kappa shape index (κ2) is 15.8. The van der Waals surface area contributed by atoms with E-state index in [0.29, 0.717) is 38.3 Å². The van der Waals surface area contributed by atoms with E-state index in [1.807, 2.05) is 39.9 Å². The van der Waals surface area contributed by atoms with E-state index < -0.39 is 41.4 Å². The van der Waals surface area contributed by atoms with Gasteiger partial charge in [0.05, 0.1) is 24.4 Å². The van der Waals surface area contributed by atoms with Crippen molar-refractivity contribution in [3.63, 3.8) is 0 Å². The van der Waals surface area contributed by atoms with Crippen LogP contribution in [0.1, 0.15) is 74.7 Å². The molecular formula is C35H63N3O8. The number of ketones is 2. The Hall–Kier alpha value is -1.47. The quantitative estimate of drug-likeness (QED) is 0.293. The molecule has 11 nitrogen and oxygen atoms in total. The van der Waals surface area contributed by atoms with Crippen molar-refractivity contribution in [3.8, 4) is 0 Å². The van der Waals surface area contributed by atoms with Crippen LogP contribution in [-0.4, -0.2) is 141 Å². The first kappa shape index (κ1) is 39.0. The highest BCUT2D eigenvalue weighted by atomic mass is 16.7. The first-order valence-corrected chi connectivity index (χ1v) is 17.2. The Morgan fingerprint density at radius 2 is 1.74 bits per heavy atom. The molecule has 0 saturated carbocycles. The number of carbonyl (C=O) groups excluding carboxylic acids is 3. The fraction of sp³-hybridized carbons (Fsp3) is 0.914. The van der Waals surface area contributed by atoms with Gasteiger partial charge in [-0.2, -0.15) is 0 Å². The number of carbonyl (C=O) groups is 3. The van der Waals surface area contributed by atoms with Gasteiger partial charge in [0.1, 0.15) is 23.9 Å². The van der Waals surface area contributed by atoms with Crippen LogP contribution in [0.25, 0.3) is 0 Å². The number of aliphatic hydroxyl groups excluding tert-OH is 1. The highest BCUT2D eigenvalue weighted by Crippen LogP contribution is 2.38. The fourth-order valence-electron chi connectivity index (χ4n) is 7.81. The number of likely N-dealkylation sites (tertiary alicyclic amines) is 1. The summed E-state index contributed by atoms with van der Waals surface area (Å²) in [5, 5.41) is 11.3. The van der Waals surface area contributed by atoms with Crippen LogP contribution < -0.4 is 0 Å². The molecule has 0 unspecified atom stereocenters. The summed E-state index contributed by atoms with van der Waals surface area (Å²) in [4.78, 5) is 46.6. The molecule has 0 spiro atoms. The monoisotopic (exact) mass is 653 g/mol. The molecular weight excluding hydrogens is 590 g/mol. The van der Waals surface area contributed by atoms with Gasteiger partial charge in [-0.15, -0.1) is 0 Å². The third-order valence-corrected chi connectivity index (χ3v) is 10.5. The molecule has 0 aromatic heterocycles. The molecule has 0 radical (unpaired) electrons. The van der Waals surface area contributed by atoms with Gasteiger partial charge in [-0.05, 0) is 73.5 Å². The minimum absolute atomic E-state index is 0.0667. The number of likely N-dealkylation sites (N-methyl/N-ethyl adjacent to an activating group) is 2. The molecule has 3 aliphatic heterocycles. The van der Waals surface area contributed by atoms with Gasteiger partial charge in [0.2, 0.25) is 0 Å². The van der Waals surface area contributed by atoms with Crippen LogP contribution >= 0.6 is 0 Å². The maximum atomic E-state index is 14.2. The van der Waals surface area contributed by atoms with E-state index >= 15 is 0 Å². The molecule has 3 aliphatic rings. The minimum Gasteiger partial charge on any atom is -0.463 e. The van der Waals surface area contributed by atoms with Crippen molar-refractivity contribution in [2.24, 2.45) is 29.1 Å². The third kappa shape index (κ3) is 9.15. The van der Waals surface area contributed by atoms with E-state index in [2.05, 4.69) is 30.6 Å². The summed E-state index contributed by atoms with van der Waals surface area (Å²) in [5.41, 5.74) is -2.39. The maximum absolute atomic E-state index is 14.2. The van der Waals surface area contributed by atoms with E-state index in [-0.39, 0.29) is 48.2 Å². The number of ether oxygens (including phenoxy) is 4. The molecule has 3 heterocycles. The van der Waals surface area contributed by atoms with Gasteiger partial charge in [0, 0.05) is 57.1 Å². The van der Waals surface area contributed by atoms with Crippen molar-refractivity contribution in [1.29, 1.82) is 0 Å². The summed E-state index contributed by atoms with van der Waals surface area (Å²) in [7, 11) is 7.51. The van der Waals surface area contributed by atoms with Crippen LogP contribution in [0.2, 0.25) is 0 Å². The highest BCUT2D eigenvalue weighted by molar-refractivity contribution is 6.04. The SMILES string of the molecule is CO[C@]1(C)C[C@@H](C)CN(C)[C@H](C2CN(CC(=O)CC(C)C)C2)COC(=O)C(C)(C)C(=O)[C@H](C)[C@H]1O[C@@H]1O[C@H](C)C[C@H](N(C)C)[C@H]1O. The molecule has 46 heavy (non-hydrogen) atoms. The summed E-state index contributed by atoms with van der Waals surface area (Å²) >= 11 is 0. The predicted octanol–water partition coefficient (Wildman–Crippen LogP) is 2.86. The van der Waals surface area contributed by atoms with E-state index in [1.165, 1.54) is 0 Å². The number of rotatable bonds is 9. The molecule has 0 aromatic carbocycles. The zero-order valence-corrected chi connectivity index (χ0v) is 30.6. The number of cyclic esters (lactones) is 1. The zero-order chi connectivity index (χ0) is 34.7. The van der Waals surface area contributed by atoms with Crippen molar-refractivity contribution in [2.45, 2.75) is 117 Å². The Morgan fingerprint density at radius 1 is 1.11 bits per heavy atom. The molecule has 3 saturated heterocycles. The summed E-state index contributed by atoms with van der Waals surface area (Å²) in [6.07, 6.45) is -1.12. The molecule has 1 N–H and O–H groups in total. The van der Waals surface area contributed by atoms with Crippen LogP contribution in [0.3, 0.4) is 0 Å². The average Bonchev–Trinajstić information content (AvgIpc) is 2.93. The van der Waals surface area contributed by atoms with Crippen molar-refractivity contribution in [2.75, 3.05) is 61.0 Å². The van der Waals surface area contributed by atoms with Gasteiger partial charge < -0.3 is 29.0 Å². The molecule has 0 aliphatic carbocycles. The van der Waals surface area contributed by atoms with Crippen LogP contribution in [0, 0.1) is 29.1 Å². The Morgan fingerprint density at radius 3 is 2.30 bits per heavy atom. The largest absolute Gasteiger partial charge is 0.463 e. The van der Waals surface area contributed by atoms with Crippen LogP contribution in [-0.2, 0) is 33.3 Å². The van der Waals surface area contributed by atoms with Crippen molar-refractivity contribution in [3.05, 3.63) is 0 Å². The lowest BCUT2D eigenvalue weighted by Gasteiger charge is -2.47. The predicted molar refractivity (Wildman–Crippen MR) is 176 cm³/mol. The van der Waals surface area contributed by atoms with Crippen LogP contribution in [0.5, 0.6) is 0 Å². The Labute approximate surface area is 277 Å². The summed E-state index contributed by atoms with van der Waals surface area (Å²) in [5.74, 6) is -0.744. The first-order valence-electron chi connectivity index (χ1n) is 17.2. The van der Waals surface area contributed by atoms with Gasteiger partial charge in [0.25, 0.3) is 0 Å². The number of hydrogen-bond acceptors (Lipinski definition) is 11. The molecule has 0 amide bonds. The molecule has 0 aromatic rings. The highest BCUT2D eigenvalue weighted by Gasteiger charge is 2.52. The normalized spacial score (nSPS) is 37.7. The van der Waals surface area contributed by atoms with Crippen LogP contribution in [0.4, 0.5) is 0 Å². The lowest BCUT2D eigenvalue weighted by Crippen LogP contribution is -2.59. The minimum atomic E-state index is -1.45. The number of aliphatic hydroxyl groups is 1. The zero-order valence-electron chi connectivity index (χ0n) is 30.6. The van der Waals surface area contributed by atoms with E-state index in [1.54, 1.807) is 27.9 Å². The van der Waals surface area contributed by atoms with Gasteiger partial charge >= 0.3 is 5.97 Å². The Kier molecular flexibility index (Phi) is 13.4. The first-order chi connectivity index (χ1) is 21.3. The molecule has 266 valence electrons. The van der Waals surface area contributed by atoms with Crippen molar-refractivity contribution >= 4 is 17.5 Å². The number of Topliss-reactive ketones (excluding diaryl/α,β-unsaturated/α-hetero) is 2. The lowest BCUT2D eigenvalue weighted by molar-refractivity contribution is -0.295. The van der Waals surface area contributed by atoms with E-state index in [4.69, 9.17) is 18.9 Å². The Balaban J connectivity index is 1.89.